The van der Waals surface area contributed by atoms with Crippen molar-refractivity contribution in [1.29, 1.82) is 0 Å². The molecule has 72 heavy (non-hydrogen) atoms. The van der Waals surface area contributed by atoms with E-state index < -0.39 is 29.0 Å². The Hall–Kier alpha value is -4.27. The Morgan fingerprint density at radius 3 is 1.29 bits per heavy atom. The molecule has 4 aliphatic rings. The molecule has 0 bridgehead atoms. The summed E-state index contributed by atoms with van der Waals surface area (Å²) >= 11 is 2.87. The van der Waals surface area contributed by atoms with Crippen molar-refractivity contribution < 1.29 is 57.0 Å². The number of benzene rings is 2. The zero-order chi connectivity index (χ0) is 53.3. The third kappa shape index (κ3) is 16.6. The minimum atomic E-state index is -0.623. The molecule has 19 heteroatoms. The number of aliphatic imine (C=N–C) groups is 2. The van der Waals surface area contributed by atoms with E-state index in [9.17, 15) is 14.4 Å². The van der Waals surface area contributed by atoms with Crippen LogP contribution in [0.1, 0.15) is 113 Å². The van der Waals surface area contributed by atoms with Gasteiger partial charge in [0.05, 0.1) is 51.8 Å². The summed E-state index contributed by atoms with van der Waals surface area (Å²) in [5, 5.41) is 1.14. The average Bonchev–Trinajstić information content (AvgIpc) is 3.93. The van der Waals surface area contributed by atoms with Crippen LogP contribution in [-0.2, 0) is 46.4 Å². The Morgan fingerprint density at radius 2 is 0.944 bits per heavy atom. The predicted molar refractivity (Wildman–Crippen MR) is 283 cm³/mol. The number of carbonyl (C=O) groups is 3. The summed E-state index contributed by atoms with van der Waals surface area (Å²) in [7, 11) is 8.37. The average molecular weight is 1040 g/mol. The summed E-state index contributed by atoms with van der Waals surface area (Å²) in [6.45, 7) is 24.3. The van der Waals surface area contributed by atoms with Crippen LogP contribution in [0.25, 0.3) is 0 Å². The van der Waals surface area contributed by atoms with Crippen LogP contribution < -0.4 is 9.47 Å². The van der Waals surface area contributed by atoms with Gasteiger partial charge in [-0.2, -0.15) is 0 Å². The van der Waals surface area contributed by atoms with Gasteiger partial charge in [-0.15, -0.1) is 0 Å². The predicted octanol–water partition coefficient (Wildman–Crippen LogP) is 10.6. The second-order valence-corrected chi connectivity index (χ2v) is 23.8. The van der Waals surface area contributed by atoms with Crippen LogP contribution >= 0.6 is 23.5 Å². The Balaban J connectivity index is 0.000000274. The van der Waals surface area contributed by atoms with Crippen molar-refractivity contribution in [1.82, 2.24) is 14.7 Å². The van der Waals surface area contributed by atoms with Gasteiger partial charge in [0, 0.05) is 39.5 Å². The zero-order valence-corrected chi connectivity index (χ0v) is 47.2. The number of nitrogens with zero attached hydrogens (tertiary/aromatic N) is 5. The molecule has 17 nitrogen and oxygen atoms in total. The molecule has 402 valence electrons. The van der Waals surface area contributed by atoms with E-state index in [2.05, 4.69) is 20.8 Å². The lowest BCUT2D eigenvalue weighted by molar-refractivity contribution is -0.139. The van der Waals surface area contributed by atoms with E-state index in [0.29, 0.717) is 36.5 Å². The maximum Gasteiger partial charge on any atom is 0.416 e. The molecule has 2 aromatic carbocycles. The van der Waals surface area contributed by atoms with Crippen molar-refractivity contribution in [3.63, 3.8) is 0 Å². The number of carbonyl (C=O) groups excluding carboxylic acids is 3. The fourth-order valence-corrected chi connectivity index (χ4v) is 10.6. The standard InChI is InChI=1S/C29H45N3O7S.C24H36N2O5S/c1-18-21(15-16-31(8)26(33)38-28(2,3)4)37-24-22(23(18)36-17-19-11-13-20(35-10)14-12-19)30-25(40-24)32(9)27(34)39-29(5,6)7;1-8-9-18-15(2)20(29-14-16-10-12-17(28-7)13-11-16)19-21(30-18)32-22(25-19)26(6)23(27)31-24(3,4)5/h11-14,18,21-24H,15-17H2,1-10H3;10-13,15,18-21H,8-9,14H2,1-7H3/t18-,21-,22-,23+,24-;15-,18-,19-,20+,21-/m11/s1. The second-order valence-electron chi connectivity index (χ2n) is 21.6. The molecule has 0 spiro atoms. The van der Waals surface area contributed by atoms with Gasteiger partial charge in [-0.1, -0.05) is 75.0 Å². The summed E-state index contributed by atoms with van der Waals surface area (Å²) in [5.41, 5.74) is -0.183. The van der Waals surface area contributed by atoms with Crippen LogP contribution in [0, 0.1) is 11.8 Å². The van der Waals surface area contributed by atoms with Crippen LogP contribution in [0.5, 0.6) is 11.5 Å². The Morgan fingerprint density at radius 1 is 0.583 bits per heavy atom. The quantitative estimate of drug-likeness (QED) is 0.174. The van der Waals surface area contributed by atoms with E-state index in [4.69, 9.17) is 52.6 Å². The molecule has 0 radical (unpaired) electrons. The summed E-state index contributed by atoms with van der Waals surface area (Å²) in [6, 6.07) is 15.2. The molecule has 2 saturated heterocycles. The van der Waals surface area contributed by atoms with Gasteiger partial charge in [0.25, 0.3) is 0 Å². The zero-order valence-electron chi connectivity index (χ0n) is 45.6. The molecule has 10 atom stereocenters. The molecular formula is C53H81N5O12S2. The molecule has 3 amide bonds. The van der Waals surface area contributed by atoms with Crippen molar-refractivity contribution in [2.45, 2.75) is 180 Å². The maximum absolute atomic E-state index is 12.7. The Kier molecular flexibility index (Phi) is 20.6. The van der Waals surface area contributed by atoms with E-state index in [-0.39, 0.29) is 65.3 Å². The van der Waals surface area contributed by atoms with E-state index in [0.717, 1.165) is 35.5 Å². The van der Waals surface area contributed by atoms with Gasteiger partial charge in [-0.05, 0) is 111 Å². The molecule has 0 unspecified atom stereocenters. The Bertz CT molecular complexity index is 2160. The van der Waals surface area contributed by atoms with Crippen LogP contribution in [0.4, 0.5) is 14.4 Å². The van der Waals surface area contributed by atoms with Gasteiger partial charge < -0.3 is 47.5 Å². The highest BCUT2D eigenvalue weighted by molar-refractivity contribution is 8.14. The summed E-state index contributed by atoms with van der Waals surface area (Å²) in [5.74, 6) is 1.76. The first-order chi connectivity index (χ1) is 33.7. The lowest BCUT2D eigenvalue weighted by Gasteiger charge is -2.42. The largest absolute Gasteiger partial charge is 0.497 e. The monoisotopic (exact) mass is 1040 g/mol. The fourth-order valence-electron chi connectivity index (χ4n) is 8.27. The van der Waals surface area contributed by atoms with Crippen molar-refractivity contribution in [2.24, 2.45) is 21.8 Å². The third-order valence-electron chi connectivity index (χ3n) is 12.2. The first-order valence-corrected chi connectivity index (χ1v) is 26.6. The van der Waals surface area contributed by atoms with Gasteiger partial charge in [-0.3, -0.25) is 19.8 Å². The number of amides is 3. The van der Waals surface area contributed by atoms with E-state index in [1.165, 1.54) is 33.3 Å². The highest BCUT2D eigenvalue weighted by Crippen LogP contribution is 2.44. The minimum Gasteiger partial charge on any atom is -0.497 e. The van der Waals surface area contributed by atoms with Crippen LogP contribution in [0.2, 0.25) is 0 Å². The van der Waals surface area contributed by atoms with Gasteiger partial charge in [-0.25, -0.2) is 14.4 Å². The number of rotatable bonds is 13. The lowest BCUT2D eigenvalue weighted by Crippen LogP contribution is -2.52. The number of thioether (sulfide) groups is 2. The summed E-state index contributed by atoms with van der Waals surface area (Å²) in [4.78, 5) is 52.0. The van der Waals surface area contributed by atoms with Crippen molar-refractivity contribution in [3.05, 3.63) is 59.7 Å². The number of methoxy groups -OCH3 is 2. The molecule has 0 aromatic heterocycles. The van der Waals surface area contributed by atoms with Crippen LogP contribution in [-0.4, -0.2) is 149 Å². The van der Waals surface area contributed by atoms with E-state index >= 15 is 0 Å². The maximum atomic E-state index is 12.7. The van der Waals surface area contributed by atoms with E-state index in [1.54, 1.807) is 40.3 Å². The SMILES string of the molecule is CCC[C@H]1O[C@@H]2SC(N(C)C(=O)OC(C)(C)C)=N[C@@H]2[C@@H](OCc2ccc(OC)cc2)[C@@H]1C.COc1ccc(CO[C@H]2[C@H](C)[C@@H](CCN(C)C(=O)OC(C)(C)C)O[C@@H]3SC(N(C)C(=O)OC(C)(C)C)=N[C@H]23)cc1. The highest BCUT2D eigenvalue weighted by Gasteiger charge is 2.51. The third-order valence-corrected chi connectivity index (χ3v) is 14.6. The number of fused-ring (bicyclic) bond motifs is 2. The molecule has 2 aromatic rings. The molecule has 4 heterocycles. The molecular weight excluding hydrogens is 963 g/mol. The van der Waals surface area contributed by atoms with Crippen LogP contribution in [0.15, 0.2) is 58.5 Å². The molecule has 2 fully saturated rings. The first kappa shape index (κ1) is 58.6. The molecule has 0 N–H and O–H groups in total. The number of amidine groups is 2. The summed E-state index contributed by atoms with van der Waals surface area (Å²) in [6.07, 6.45) is 0.851. The molecule has 4 aliphatic heterocycles. The normalized spacial score (nSPS) is 25.8. The van der Waals surface area contributed by atoms with Crippen molar-refractivity contribution in [3.8, 4) is 11.5 Å². The number of hydrogen-bond donors (Lipinski definition) is 0. The molecule has 0 saturated carbocycles. The van der Waals surface area contributed by atoms with Gasteiger partial charge in [0.2, 0.25) is 0 Å². The van der Waals surface area contributed by atoms with Crippen molar-refractivity contribution in [2.75, 3.05) is 41.9 Å². The smallest absolute Gasteiger partial charge is 0.416 e. The number of ether oxygens (including phenoxy) is 9. The van der Waals surface area contributed by atoms with Gasteiger partial charge >= 0.3 is 18.3 Å². The Labute approximate surface area is 436 Å². The summed E-state index contributed by atoms with van der Waals surface area (Å²) < 4.78 is 52.9. The van der Waals surface area contributed by atoms with Gasteiger partial charge in [0.15, 0.2) is 10.3 Å². The van der Waals surface area contributed by atoms with E-state index in [1.807, 2.05) is 111 Å². The second kappa shape index (κ2) is 25.3. The first-order valence-electron chi connectivity index (χ1n) is 24.9. The fraction of sp³-hybridized carbons (Fsp3) is 0.679. The topological polar surface area (TPSA) is 169 Å². The van der Waals surface area contributed by atoms with Gasteiger partial charge in [0.1, 0.15) is 51.3 Å². The van der Waals surface area contributed by atoms with Crippen LogP contribution in [0.3, 0.4) is 0 Å². The molecule has 0 aliphatic carbocycles. The molecule has 6 rings (SSSR count). The minimum absolute atomic E-state index is 0.0259. The number of hydrogen-bond acceptors (Lipinski definition) is 16. The van der Waals surface area contributed by atoms with Crippen molar-refractivity contribution >= 4 is 52.1 Å². The lowest BCUT2D eigenvalue weighted by atomic mass is 9.88. The highest BCUT2D eigenvalue weighted by atomic mass is 32.2.